The van der Waals surface area contributed by atoms with Gasteiger partial charge in [0, 0.05) is 6.07 Å². The maximum absolute atomic E-state index is 13.7. The van der Waals surface area contributed by atoms with Gasteiger partial charge in [-0.25, -0.2) is 9.37 Å². The van der Waals surface area contributed by atoms with E-state index < -0.39 is 5.82 Å². The molecular formula is C18H19FN2O3. The first-order valence-electron chi connectivity index (χ1n) is 7.60. The predicted octanol–water partition coefficient (Wildman–Crippen LogP) is 4.13. The minimum atomic E-state index is -0.657. The van der Waals surface area contributed by atoms with Crippen LogP contribution < -0.4 is 9.47 Å². The van der Waals surface area contributed by atoms with Crippen LogP contribution in [0.1, 0.15) is 30.0 Å². The molecule has 3 rings (SSSR count). The van der Waals surface area contributed by atoms with Crippen LogP contribution in [0.4, 0.5) is 4.39 Å². The highest BCUT2D eigenvalue weighted by molar-refractivity contribution is 5.77. The molecule has 24 heavy (non-hydrogen) atoms. The number of halogens is 1. The third-order valence-electron chi connectivity index (χ3n) is 3.21. The maximum Gasteiger partial charge on any atom is 0.164 e. The predicted molar refractivity (Wildman–Crippen MR) is 90.1 cm³/mol. The highest BCUT2D eigenvalue weighted by atomic mass is 19.1. The molecular weight excluding hydrogens is 311 g/mol. The first-order valence-corrected chi connectivity index (χ1v) is 7.60. The number of benzene rings is 2. The molecule has 2 aromatic carbocycles. The lowest BCUT2D eigenvalue weighted by Crippen LogP contribution is -2.01. The Morgan fingerprint density at radius 3 is 2.62 bits per heavy atom. The minimum absolute atomic E-state index is 0.0760. The third-order valence-corrected chi connectivity index (χ3v) is 3.21. The van der Waals surface area contributed by atoms with E-state index in [-0.39, 0.29) is 17.9 Å². The summed E-state index contributed by atoms with van der Waals surface area (Å²) >= 11 is 0. The standard InChI is InChI=1S/C16H13FN2O3.C2H6/c1-21-14-6-10(8-20)11(17)7-15(14)22-9-16-18-12-4-2-3-5-13(12)19-16;1-2/h2-8H,9H2,1H3,(H,18,19);1-2H3. The van der Waals surface area contributed by atoms with Crippen molar-refractivity contribution in [1.82, 2.24) is 9.97 Å². The Morgan fingerprint density at radius 2 is 1.96 bits per heavy atom. The van der Waals surface area contributed by atoms with Crippen LogP contribution in [0.2, 0.25) is 0 Å². The molecule has 0 amide bonds. The molecule has 0 unspecified atom stereocenters. The number of hydrogen-bond acceptors (Lipinski definition) is 4. The number of carbonyl (C=O) groups is 1. The van der Waals surface area contributed by atoms with E-state index in [0.717, 1.165) is 17.1 Å². The van der Waals surface area contributed by atoms with Gasteiger partial charge in [-0.1, -0.05) is 26.0 Å². The van der Waals surface area contributed by atoms with Gasteiger partial charge in [0.25, 0.3) is 0 Å². The molecule has 6 heteroatoms. The zero-order chi connectivity index (χ0) is 17.5. The third kappa shape index (κ3) is 3.71. The van der Waals surface area contributed by atoms with E-state index in [9.17, 15) is 9.18 Å². The Kier molecular flexibility index (Phi) is 5.89. The van der Waals surface area contributed by atoms with Gasteiger partial charge in [0.05, 0.1) is 23.7 Å². The summed E-state index contributed by atoms with van der Waals surface area (Å²) in [5.41, 5.74) is 1.65. The summed E-state index contributed by atoms with van der Waals surface area (Å²) in [6.45, 7) is 4.13. The molecule has 0 saturated heterocycles. The summed E-state index contributed by atoms with van der Waals surface area (Å²) in [6.07, 6.45) is 0.431. The molecule has 0 bridgehead atoms. The lowest BCUT2D eigenvalue weighted by atomic mass is 10.2. The number of methoxy groups -OCH3 is 1. The SMILES string of the molecule is CC.COc1cc(C=O)c(F)cc1OCc1nc2ccccc2[nH]1. The fourth-order valence-corrected chi connectivity index (χ4v) is 2.13. The molecule has 0 saturated carbocycles. The Morgan fingerprint density at radius 1 is 1.21 bits per heavy atom. The summed E-state index contributed by atoms with van der Waals surface area (Å²) in [5.74, 6) is 0.462. The lowest BCUT2D eigenvalue weighted by molar-refractivity contribution is 0.111. The summed E-state index contributed by atoms with van der Waals surface area (Å²) in [4.78, 5) is 18.2. The van der Waals surface area contributed by atoms with Gasteiger partial charge in [-0.2, -0.15) is 0 Å². The van der Waals surface area contributed by atoms with Crippen LogP contribution in [0.15, 0.2) is 36.4 Å². The number of fused-ring (bicyclic) bond motifs is 1. The highest BCUT2D eigenvalue weighted by Crippen LogP contribution is 2.30. The number of carbonyl (C=O) groups excluding carboxylic acids is 1. The minimum Gasteiger partial charge on any atom is -0.493 e. The quantitative estimate of drug-likeness (QED) is 0.715. The van der Waals surface area contributed by atoms with Crippen molar-refractivity contribution in [2.75, 3.05) is 7.11 Å². The molecule has 1 aromatic heterocycles. The zero-order valence-electron chi connectivity index (χ0n) is 13.8. The number of nitrogens with one attached hydrogen (secondary N) is 1. The van der Waals surface area contributed by atoms with Crippen molar-refractivity contribution in [3.63, 3.8) is 0 Å². The second-order valence-electron chi connectivity index (χ2n) is 4.63. The zero-order valence-corrected chi connectivity index (χ0v) is 13.8. The van der Waals surface area contributed by atoms with E-state index in [1.54, 1.807) is 0 Å². The Bertz CT molecular complexity index is 797. The molecule has 0 aliphatic carbocycles. The van der Waals surface area contributed by atoms with Crippen molar-refractivity contribution < 1.29 is 18.7 Å². The van der Waals surface area contributed by atoms with Gasteiger partial charge in [-0.3, -0.25) is 4.79 Å². The Balaban J connectivity index is 0.00000100. The van der Waals surface area contributed by atoms with Gasteiger partial charge in [0.1, 0.15) is 18.2 Å². The van der Waals surface area contributed by atoms with Crippen molar-refractivity contribution in [3.8, 4) is 11.5 Å². The van der Waals surface area contributed by atoms with E-state index in [0.29, 0.717) is 17.9 Å². The molecule has 126 valence electrons. The molecule has 0 aliphatic heterocycles. The Labute approximate surface area is 139 Å². The average molecular weight is 330 g/mol. The van der Waals surface area contributed by atoms with Crippen LogP contribution in [-0.4, -0.2) is 23.4 Å². The normalized spacial score (nSPS) is 10.0. The van der Waals surface area contributed by atoms with Gasteiger partial charge in [-0.05, 0) is 18.2 Å². The number of aldehydes is 1. The van der Waals surface area contributed by atoms with Crippen molar-refractivity contribution in [1.29, 1.82) is 0 Å². The van der Waals surface area contributed by atoms with Crippen LogP contribution in [0.25, 0.3) is 11.0 Å². The van der Waals surface area contributed by atoms with E-state index in [2.05, 4.69) is 9.97 Å². The molecule has 0 spiro atoms. The molecule has 0 atom stereocenters. The number of nitrogens with zero attached hydrogens (tertiary/aromatic N) is 1. The summed E-state index contributed by atoms with van der Waals surface area (Å²) in [5, 5.41) is 0. The summed E-state index contributed by atoms with van der Waals surface area (Å²) < 4.78 is 24.3. The van der Waals surface area contributed by atoms with Gasteiger partial charge >= 0.3 is 0 Å². The second kappa shape index (κ2) is 8.10. The van der Waals surface area contributed by atoms with Crippen molar-refractivity contribution in [2.45, 2.75) is 20.5 Å². The fraction of sp³-hybridized carbons (Fsp3) is 0.222. The summed E-state index contributed by atoms with van der Waals surface area (Å²) in [6, 6.07) is 10.0. The van der Waals surface area contributed by atoms with Crippen molar-refractivity contribution in [3.05, 3.63) is 53.6 Å². The van der Waals surface area contributed by atoms with E-state index in [1.807, 2.05) is 38.1 Å². The van der Waals surface area contributed by atoms with Crippen LogP contribution in [0.3, 0.4) is 0 Å². The number of aromatic nitrogens is 2. The highest BCUT2D eigenvalue weighted by Gasteiger charge is 2.12. The topological polar surface area (TPSA) is 64.2 Å². The van der Waals surface area contributed by atoms with E-state index in [1.165, 1.54) is 13.2 Å². The number of para-hydroxylation sites is 2. The lowest BCUT2D eigenvalue weighted by Gasteiger charge is -2.10. The fourth-order valence-electron chi connectivity index (χ4n) is 2.13. The van der Waals surface area contributed by atoms with Crippen LogP contribution in [0, 0.1) is 5.82 Å². The number of aromatic amines is 1. The van der Waals surface area contributed by atoms with Gasteiger partial charge in [-0.15, -0.1) is 0 Å². The number of rotatable bonds is 5. The maximum atomic E-state index is 13.7. The molecule has 0 radical (unpaired) electrons. The molecule has 3 aromatic rings. The van der Waals surface area contributed by atoms with Crippen LogP contribution >= 0.6 is 0 Å². The average Bonchev–Trinajstić information content (AvgIpc) is 3.04. The Hall–Kier alpha value is -2.89. The van der Waals surface area contributed by atoms with Crippen LogP contribution in [0.5, 0.6) is 11.5 Å². The molecule has 1 heterocycles. The monoisotopic (exact) mass is 330 g/mol. The van der Waals surface area contributed by atoms with Gasteiger partial charge < -0.3 is 14.5 Å². The van der Waals surface area contributed by atoms with Crippen LogP contribution in [-0.2, 0) is 6.61 Å². The van der Waals surface area contributed by atoms with Gasteiger partial charge in [0.15, 0.2) is 17.8 Å². The molecule has 1 N–H and O–H groups in total. The number of ether oxygens (including phenoxy) is 2. The number of hydrogen-bond donors (Lipinski definition) is 1. The second-order valence-corrected chi connectivity index (χ2v) is 4.63. The van der Waals surface area contributed by atoms with Gasteiger partial charge in [0.2, 0.25) is 0 Å². The molecule has 0 fully saturated rings. The first-order chi connectivity index (χ1) is 11.7. The summed E-state index contributed by atoms with van der Waals surface area (Å²) in [7, 11) is 1.43. The molecule has 0 aliphatic rings. The first kappa shape index (κ1) is 17.5. The van der Waals surface area contributed by atoms with Crippen molar-refractivity contribution in [2.24, 2.45) is 0 Å². The van der Waals surface area contributed by atoms with E-state index >= 15 is 0 Å². The largest absolute Gasteiger partial charge is 0.493 e. The number of H-pyrrole nitrogens is 1. The van der Waals surface area contributed by atoms with Crippen molar-refractivity contribution >= 4 is 17.3 Å². The number of imidazole rings is 1. The smallest absolute Gasteiger partial charge is 0.164 e. The van der Waals surface area contributed by atoms with E-state index in [4.69, 9.17) is 9.47 Å². The molecule has 5 nitrogen and oxygen atoms in total.